The number of hydrogen-bond donors (Lipinski definition) is 0. The molecular weight excluding hydrogens is 288 g/mol. The minimum absolute atomic E-state index is 0.170. The second-order valence-electron chi connectivity index (χ2n) is 7.10. The molecule has 2 fully saturated rings. The first kappa shape index (κ1) is 14.9. The molecule has 0 spiro atoms. The van der Waals surface area contributed by atoms with Crippen molar-refractivity contribution in [2.75, 3.05) is 13.2 Å². The van der Waals surface area contributed by atoms with Gasteiger partial charge in [0.1, 0.15) is 0 Å². The third-order valence-corrected chi connectivity index (χ3v) is 5.45. The second kappa shape index (κ2) is 6.44. The van der Waals surface area contributed by atoms with Gasteiger partial charge >= 0.3 is 0 Å². The highest BCUT2D eigenvalue weighted by Gasteiger charge is 2.41. The third-order valence-electron chi connectivity index (χ3n) is 5.45. The predicted octanol–water partition coefficient (Wildman–Crippen LogP) is 2.80. The quantitative estimate of drug-likeness (QED) is 0.785. The molecule has 1 amide bonds. The third kappa shape index (κ3) is 3.18. The Morgan fingerprint density at radius 3 is 2.96 bits per heavy atom. The van der Waals surface area contributed by atoms with Gasteiger partial charge in [0, 0.05) is 38.0 Å². The Bertz CT molecular complexity index is 580. The first-order valence-electron chi connectivity index (χ1n) is 8.77. The Morgan fingerprint density at radius 1 is 1.35 bits per heavy atom. The van der Waals surface area contributed by atoms with E-state index in [0.717, 1.165) is 37.9 Å². The van der Waals surface area contributed by atoms with E-state index >= 15 is 0 Å². The summed E-state index contributed by atoms with van der Waals surface area (Å²) in [6.45, 7) is 2.19. The topological polar surface area (TPSA) is 42.4 Å². The number of carbonyl (C=O) groups excluding carboxylic acids is 1. The SMILES string of the molecule is O=C(C1CC2C=CC1C2)N(Cc1cccnc1)CC1CCCO1. The number of carbonyl (C=O) groups is 1. The molecule has 4 atom stereocenters. The van der Waals surface area contributed by atoms with Crippen molar-refractivity contribution in [2.24, 2.45) is 17.8 Å². The van der Waals surface area contributed by atoms with E-state index in [4.69, 9.17) is 4.74 Å². The van der Waals surface area contributed by atoms with Crippen LogP contribution in [0.1, 0.15) is 31.2 Å². The highest BCUT2D eigenvalue weighted by molar-refractivity contribution is 5.80. The zero-order valence-electron chi connectivity index (χ0n) is 13.4. The van der Waals surface area contributed by atoms with Crippen molar-refractivity contribution in [1.82, 2.24) is 9.88 Å². The molecule has 4 unspecified atom stereocenters. The lowest BCUT2D eigenvalue weighted by molar-refractivity contribution is -0.138. The molecule has 122 valence electrons. The average Bonchev–Trinajstić information content (AvgIpc) is 3.32. The summed E-state index contributed by atoms with van der Waals surface area (Å²) in [6, 6.07) is 3.98. The van der Waals surface area contributed by atoms with Gasteiger partial charge in [-0.25, -0.2) is 0 Å². The van der Waals surface area contributed by atoms with Gasteiger partial charge in [-0.15, -0.1) is 0 Å². The van der Waals surface area contributed by atoms with Crippen LogP contribution in [0.4, 0.5) is 0 Å². The molecule has 1 aromatic heterocycles. The fourth-order valence-corrected chi connectivity index (χ4v) is 4.28. The average molecular weight is 312 g/mol. The van der Waals surface area contributed by atoms with Crippen LogP contribution in [-0.2, 0) is 16.1 Å². The van der Waals surface area contributed by atoms with Crippen LogP contribution < -0.4 is 0 Å². The lowest BCUT2D eigenvalue weighted by atomic mass is 9.92. The van der Waals surface area contributed by atoms with Crippen LogP contribution in [0, 0.1) is 17.8 Å². The van der Waals surface area contributed by atoms with Crippen LogP contribution in [0.3, 0.4) is 0 Å². The van der Waals surface area contributed by atoms with Crippen molar-refractivity contribution < 1.29 is 9.53 Å². The lowest BCUT2D eigenvalue weighted by Gasteiger charge is -2.30. The minimum atomic E-state index is 0.170. The monoisotopic (exact) mass is 312 g/mol. The van der Waals surface area contributed by atoms with Crippen LogP contribution in [0.5, 0.6) is 0 Å². The van der Waals surface area contributed by atoms with Gasteiger partial charge < -0.3 is 9.64 Å². The first-order chi connectivity index (χ1) is 11.3. The molecule has 0 radical (unpaired) electrons. The lowest BCUT2D eigenvalue weighted by Crippen LogP contribution is -2.41. The molecule has 2 heterocycles. The number of aromatic nitrogens is 1. The number of fused-ring (bicyclic) bond motifs is 2. The zero-order chi connectivity index (χ0) is 15.6. The van der Waals surface area contributed by atoms with Crippen LogP contribution in [0.2, 0.25) is 0 Å². The molecule has 4 heteroatoms. The Kier molecular flexibility index (Phi) is 4.17. The Labute approximate surface area is 137 Å². The number of hydrogen-bond acceptors (Lipinski definition) is 3. The van der Waals surface area contributed by atoms with Crippen molar-refractivity contribution in [2.45, 2.75) is 38.3 Å². The number of allylic oxidation sites excluding steroid dienone is 2. The van der Waals surface area contributed by atoms with E-state index in [1.165, 1.54) is 0 Å². The Hall–Kier alpha value is -1.68. The van der Waals surface area contributed by atoms with Gasteiger partial charge in [-0.05, 0) is 49.1 Å². The van der Waals surface area contributed by atoms with Crippen molar-refractivity contribution >= 4 is 5.91 Å². The van der Waals surface area contributed by atoms with Gasteiger partial charge in [0.2, 0.25) is 5.91 Å². The molecule has 23 heavy (non-hydrogen) atoms. The maximum Gasteiger partial charge on any atom is 0.226 e. The van der Waals surface area contributed by atoms with Gasteiger partial charge in [0.15, 0.2) is 0 Å². The van der Waals surface area contributed by atoms with E-state index < -0.39 is 0 Å². The van der Waals surface area contributed by atoms with Gasteiger partial charge in [0.05, 0.1) is 6.10 Å². The number of amides is 1. The largest absolute Gasteiger partial charge is 0.376 e. The minimum Gasteiger partial charge on any atom is -0.376 e. The van der Waals surface area contributed by atoms with E-state index in [-0.39, 0.29) is 12.0 Å². The van der Waals surface area contributed by atoms with Gasteiger partial charge in [-0.2, -0.15) is 0 Å². The summed E-state index contributed by atoms with van der Waals surface area (Å²) in [6.07, 6.45) is 12.7. The molecule has 2 bridgehead atoms. The Morgan fingerprint density at radius 2 is 2.30 bits per heavy atom. The summed E-state index contributed by atoms with van der Waals surface area (Å²) in [5.41, 5.74) is 1.09. The molecule has 0 aromatic carbocycles. The smallest absolute Gasteiger partial charge is 0.226 e. The fourth-order valence-electron chi connectivity index (χ4n) is 4.28. The molecule has 3 aliphatic rings. The standard InChI is InChI=1S/C19H24N2O2/c22-19(18-10-14-5-6-16(18)9-14)21(13-17-4-2-8-23-17)12-15-3-1-7-20-11-15/h1,3,5-7,11,14,16-18H,2,4,8-10,12-13H2. The second-order valence-corrected chi connectivity index (χ2v) is 7.10. The molecule has 1 saturated heterocycles. The zero-order valence-corrected chi connectivity index (χ0v) is 13.4. The van der Waals surface area contributed by atoms with Gasteiger partial charge in [-0.1, -0.05) is 18.2 Å². The molecule has 4 rings (SSSR count). The maximum atomic E-state index is 13.1. The van der Waals surface area contributed by atoms with Crippen LogP contribution in [0.15, 0.2) is 36.7 Å². The molecule has 0 N–H and O–H groups in total. The van der Waals surface area contributed by atoms with Crippen molar-refractivity contribution in [3.05, 3.63) is 42.2 Å². The number of nitrogens with zero attached hydrogens (tertiary/aromatic N) is 2. The summed E-state index contributed by atoms with van der Waals surface area (Å²) < 4.78 is 5.77. The van der Waals surface area contributed by atoms with E-state index in [1.807, 2.05) is 23.2 Å². The summed E-state index contributed by atoms with van der Waals surface area (Å²) >= 11 is 0. The Balaban J connectivity index is 1.49. The highest BCUT2D eigenvalue weighted by Crippen LogP contribution is 2.44. The van der Waals surface area contributed by atoms with E-state index in [0.29, 0.717) is 30.8 Å². The van der Waals surface area contributed by atoms with Crippen molar-refractivity contribution in [1.29, 1.82) is 0 Å². The van der Waals surface area contributed by atoms with E-state index in [9.17, 15) is 4.79 Å². The summed E-state index contributed by atoms with van der Waals surface area (Å²) in [7, 11) is 0. The molecular formula is C19H24N2O2. The maximum absolute atomic E-state index is 13.1. The first-order valence-corrected chi connectivity index (χ1v) is 8.77. The molecule has 1 saturated carbocycles. The summed E-state index contributed by atoms with van der Waals surface area (Å²) in [5.74, 6) is 1.55. The molecule has 4 nitrogen and oxygen atoms in total. The summed E-state index contributed by atoms with van der Waals surface area (Å²) in [4.78, 5) is 19.3. The van der Waals surface area contributed by atoms with Crippen LogP contribution in [0.25, 0.3) is 0 Å². The van der Waals surface area contributed by atoms with Gasteiger partial charge in [0.25, 0.3) is 0 Å². The van der Waals surface area contributed by atoms with Crippen LogP contribution in [-0.4, -0.2) is 35.0 Å². The fraction of sp³-hybridized carbons (Fsp3) is 0.579. The highest BCUT2D eigenvalue weighted by atomic mass is 16.5. The normalized spacial score (nSPS) is 31.7. The van der Waals surface area contributed by atoms with Crippen molar-refractivity contribution in [3.63, 3.8) is 0 Å². The van der Waals surface area contributed by atoms with E-state index in [1.54, 1.807) is 6.20 Å². The van der Waals surface area contributed by atoms with Crippen molar-refractivity contribution in [3.8, 4) is 0 Å². The number of ether oxygens (including phenoxy) is 1. The number of pyridine rings is 1. The number of rotatable bonds is 5. The molecule has 2 aliphatic carbocycles. The molecule has 1 aliphatic heterocycles. The molecule has 1 aromatic rings. The predicted molar refractivity (Wildman–Crippen MR) is 87.5 cm³/mol. The summed E-state index contributed by atoms with van der Waals surface area (Å²) in [5, 5.41) is 0. The van der Waals surface area contributed by atoms with E-state index in [2.05, 4.69) is 17.1 Å². The van der Waals surface area contributed by atoms with Gasteiger partial charge in [-0.3, -0.25) is 9.78 Å². The van der Waals surface area contributed by atoms with Crippen LogP contribution >= 0.6 is 0 Å².